The summed E-state index contributed by atoms with van der Waals surface area (Å²) in [5.41, 5.74) is -2.67. The van der Waals surface area contributed by atoms with Gasteiger partial charge in [-0.25, -0.2) is 0 Å². The van der Waals surface area contributed by atoms with Crippen LogP contribution in [0.5, 0.6) is 0 Å². The molecule has 5 rings (SSSR count). The minimum absolute atomic E-state index is 0.0484. The Balaban J connectivity index is 1.71. The molecule has 0 radical (unpaired) electrons. The van der Waals surface area contributed by atoms with Crippen LogP contribution in [0.15, 0.2) is 12.2 Å². The highest BCUT2D eigenvalue weighted by atomic mass is 16.6. The Kier molecular flexibility index (Phi) is 3.57. The number of aliphatic hydroxyl groups is 1. The minimum atomic E-state index is -1.11. The van der Waals surface area contributed by atoms with E-state index < -0.39 is 51.9 Å². The first-order valence-electron chi connectivity index (χ1n) is 10.4. The molecule has 7 nitrogen and oxygen atoms in total. The van der Waals surface area contributed by atoms with E-state index in [0.717, 1.165) is 5.57 Å². The van der Waals surface area contributed by atoms with Gasteiger partial charge < -0.3 is 19.3 Å². The average molecular weight is 404 g/mol. The van der Waals surface area contributed by atoms with Crippen molar-refractivity contribution in [3.63, 3.8) is 0 Å². The first-order valence-corrected chi connectivity index (χ1v) is 10.4. The molecule has 0 aromatic carbocycles. The lowest BCUT2D eigenvalue weighted by atomic mass is 9.59. The van der Waals surface area contributed by atoms with Crippen molar-refractivity contribution in [1.29, 1.82) is 0 Å². The van der Waals surface area contributed by atoms with Crippen LogP contribution in [0.25, 0.3) is 0 Å². The van der Waals surface area contributed by atoms with Crippen LogP contribution in [0.4, 0.5) is 0 Å². The fraction of sp³-hybridized carbons (Fsp3) is 0.773. The van der Waals surface area contributed by atoms with Gasteiger partial charge in [-0.05, 0) is 56.4 Å². The summed E-state index contributed by atoms with van der Waals surface area (Å²) in [4.78, 5) is 38.2. The third-order valence-electron chi connectivity index (χ3n) is 9.03. The molecule has 4 aliphatic carbocycles. The van der Waals surface area contributed by atoms with Crippen LogP contribution in [0, 0.1) is 28.6 Å². The Bertz CT molecular complexity index is 850. The average Bonchev–Trinajstić information content (AvgIpc) is 3.07. The van der Waals surface area contributed by atoms with E-state index in [1.807, 2.05) is 0 Å². The molecule has 5 fully saturated rings. The third-order valence-corrected chi connectivity index (χ3v) is 9.03. The summed E-state index contributed by atoms with van der Waals surface area (Å²) in [5.74, 6) is -2.34. The summed E-state index contributed by atoms with van der Waals surface area (Å²) in [6.07, 6.45) is 2.61. The smallest absolute Gasteiger partial charge is 0.316 e. The van der Waals surface area contributed by atoms with Crippen LogP contribution < -0.4 is 0 Å². The number of carbonyl (C=O) groups excluding carboxylic acids is 3. The summed E-state index contributed by atoms with van der Waals surface area (Å²) < 4.78 is 17.0. The molecule has 0 aromatic rings. The predicted molar refractivity (Wildman–Crippen MR) is 99.2 cm³/mol. The van der Waals surface area contributed by atoms with Gasteiger partial charge >= 0.3 is 17.9 Å². The molecular weight excluding hydrogens is 376 g/mol. The molecule has 4 bridgehead atoms. The summed E-state index contributed by atoms with van der Waals surface area (Å²) in [7, 11) is 1.36. The Morgan fingerprint density at radius 2 is 2.00 bits per heavy atom. The van der Waals surface area contributed by atoms with Crippen molar-refractivity contribution in [2.24, 2.45) is 28.6 Å². The van der Waals surface area contributed by atoms with E-state index in [1.165, 1.54) is 14.0 Å². The van der Waals surface area contributed by atoms with Crippen molar-refractivity contribution in [3.05, 3.63) is 12.2 Å². The van der Waals surface area contributed by atoms with Crippen LogP contribution in [-0.2, 0) is 28.6 Å². The summed E-state index contributed by atoms with van der Waals surface area (Å²) >= 11 is 0. The van der Waals surface area contributed by atoms with Gasteiger partial charge in [0.15, 0.2) is 0 Å². The second kappa shape index (κ2) is 5.42. The number of hydrogen-bond acceptors (Lipinski definition) is 7. The van der Waals surface area contributed by atoms with E-state index in [-0.39, 0.29) is 11.9 Å². The third kappa shape index (κ3) is 1.96. The van der Waals surface area contributed by atoms with Crippen LogP contribution in [0.2, 0.25) is 0 Å². The van der Waals surface area contributed by atoms with Gasteiger partial charge in [0.2, 0.25) is 0 Å². The molecule has 1 N–H and O–H groups in total. The number of fused-ring (bicyclic) bond motifs is 1. The normalized spacial score (nSPS) is 51.9. The summed E-state index contributed by atoms with van der Waals surface area (Å²) in [6.45, 7) is 7.23. The van der Waals surface area contributed by atoms with Crippen LogP contribution in [0.3, 0.4) is 0 Å². The number of hydrogen-bond donors (Lipinski definition) is 1. The lowest BCUT2D eigenvalue weighted by Gasteiger charge is -2.46. The van der Waals surface area contributed by atoms with Gasteiger partial charge in [0.25, 0.3) is 0 Å². The maximum atomic E-state index is 13.2. The first kappa shape index (κ1) is 19.1. The molecule has 0 aromatic heterocycles. The van der Waals surface area contributed by atoms with Gasteiger partial charge in [-0.15, -0.1) is 0 Å². The molecule has 1 aliphatic heterocycles. The molecule has 0 unspecified atom stereocenters. The molecule has 5 aliphatic rings. The summed E-state index contributed by atoms with van der Waals surface area (Å²) in [6, 6.07) is 0. The number of rotatable bonds is 2. The SMILES string of the molecule is C=C1C[C@]23C[C@@]1(O)CC[C@H]2[C@@]12CC[C@H](OC(C)=O)[C@@](C)(C(=O)O1)[C@H]2[C@@H]3C(=O)OC. The highest BCUT2D eigenvalue weighted by molar-refractivity contribution is 5.86. The topological polar surface area (TPSA) is 99.1 Å². The van der Waals surface area contributed by atoms with Crippen LogP contribution >= 0.6 is 0 Å². The van der Waals surface area contributed by atoms with E-state index in [0.29, 0.717) is 38.5 Å². The highest BCUT2D eigenvalue weighted by Crippen LogP contribution is 2.78. The van der Waals surface area contributed by atoms with E-state index in [9.17, 15) is 19.5 Å². The molecule has 1 spiro atoms. The zero-order chi connectivity index (χ0) is 21.0. The van der Waals surface area contributed by atoms with Crippen LogP contribution in [-0.4, -0.2) is 47.4 Å². The van der Waals surface area contributed by atoms with Gasteiger partial charge in [0.1, 0.15) is 17.1 Å². The lowest BCUT2D eigenvalue weighted by Crippen LogP contribution is -2.54. The quantitative estimate of drug-likeness (QED) is 0.426. The molecule has 4 saturated carbocycles. The number of ether oxygens (including phenoxy) is 3. The Morgan fingerprint density at radius 3 is 2.66 bits per heavy atom. The Hall–Kier alpha value is -1.89. The fourth-order valence-corrected chi connectivity index (χ4v) is 8.12. The standard InChI is InChI=1S/C22H28O7/c1-11-9-20-10-21(11,26)7-5-13(20)22-8-6-14(28-12(2)23)19(3,18(25)29-22)16(22)15(20)17(24)27-4/h13-16,26H,1,5-10H2,2-4H3/t13-,14+,15-,16-,19-,20+,21+,22-/m1/s1. The molecule has 0 amide bonds. The second-order valence-electron chi connectivity index (χ2n) is 10.1. The van der Waals surface area contributed by atoms with Gasteiger partial charge in [-0.3, -0.25) is 14.4 Å². The van der Waals surface area contributed by atoms with Crippen molar-refractivity contribution >= 4 is 17.9 Å². The van der Waals surface area contributed by atoms with Crippen molar-refractivity contribution < 1.29 is 33.7 Å². The molecule has 1 saturated heterocycles. The van der Waals surface area contributed by atoms with E-state index in [1.54, 1.807) is 6.92 Å². The van der Waals surface area contributed by atoms with Gasteiger partial charge in [0, 0.05) is 18.8 Å². The van der Waals surface area contributed by atoms with Crippen molar-refractivity contribution in [2.75, 3.05) is 7.11 Å². The molecule has 8 atom stereocenters. The van der Waals surface area contributed by atoms with Gasteiger partial charge in [-0.2, -0.15) is 0 Å². The van der Waals surface area contributed by atoms with Gasteiger partial charge in [0.05, 0.1) is 18.6 Å². The first-order chi connectivity index (χ1) is 13.5. The lowest BCUT2D eigenvalue weighted by molar-refractivity contribution is -0.170. The van der Waals surface area contributed by atoms with Crippen LogP contribution in [0.1, 0.15) is 52.4 Å². The number of methoxy groups -OCH3 is 1. The zero-order valence-corrected chi connectivity index (χ0v) is 17.2. The number of esters is 3. The zero-order valence-electron chi connectivity index (χ0n) is 17.2. The fourth-order valence-electron chi connectivity index (χ4n) is 8.12. The predicted octanol–water partition coefficient (Wildman–Crippen LogP) is 1.91. The van der Waals surface area contributed by atoms with E-state index in [2.05, 4.69) is 6.58 Å². The molecule has 7 heteroatoms. The van der Waals surface area contributed by atoms with Gasteiger partial charge in [-0.1, -0.05) is 6.58 Å². The molecule has 158 valence electrons. The highest BCUT2D eigenvalue weighted by Gasteiger charge is 2.84. The Labute approximate surface area is 169 Å². The Morgan fingerprint density at radius 1 is 1.28 bits per heavy atom. The van der Waals surface area contributed by atoms with Crippen molar-refractivity contribution in [1.82, 2.24) is 0 Å². The number of carbonyl (C=O) groups is 3. The maximum absolute atomic E-state index is 13.2. The monoisotopic (exact) mass is 404 g/mol. The molecule has 29 heavy (non-hydrogen) atoms. The van der Waals surface area contributed by atoms with E-state index >= 15 is 0 Å². The largest absolute Gasteiger partial charge is 0.469 e. The minimum Gasteiger partial charge on any atom is -0.469 e. The van der Waals surface area contributed by atoms with Crippen molar-refractivity contribution in [2.45, 2.75) is 69.7 Å². The summed E-state index contributed by atoms with van der Waals surface area (Å²) in [5, 5.41) is 11.2. The second-order valence-corrected chi connectivity index (χ2v) is 10.1. The molecule has 1 heterocycles. The molecular formula is C22H28O7. The van der Waals surface area contributed by atoms with Crippen molar-refractivity contribution in [3.8, 4) is 0 Å². The maximum Gasteiger partial charge on any atom is 0.316 e. The van der Waals surface area contributed by atoms with E-state index in [4.69, 9.17) is 14.2 Å².